The van der Waals surface area contributed by atoms with E-state index >= 15 is 0 Å². The van der Waals surface area contributed by atoms with Crippen molar-refractivity contribution in [3.8, 4) is 5.75 Å². The lowest BCUT2D eigenvalue weighted by atomic mass is 9.75. The van der Waals surface area contributed by atoms with Crippen LogP contribution in [0.5, 0.6) is 5.75 Å². The van der Waals surface area contributed by atoms with E-state index in [-0.39, 0.29) is 6.04 Å². The van der Waals surface area contributed by atoms with E-state index in [2.05, 4.69) is 6.07 Å². The van der Waals surface area contributed by atoms with Crippen LogP contribution in [0.4, 0.5) is 0 Å². The molecule has 1 aromatic carbocycles. The highest BCUT2D eigenvalue weighted by molar-refractivity contribution is 5.47. The monoisotopic (exact) mass is 249 g/mol. The average molecular weight is 249 g/mol. The lowest BCUT2D eigenvalue weighted by molar-refractivity contribution is -0.00956. The number of benzene rings is 1. The van der Waals surface area contributed by atoms with Crippen molar-refractivity contribution in [3.05, 3.63) is 28.8 Å². The largest absolute Gasteiger partial charge is 0.496 e. The second-order valence-corrected chi connectivity index (χ2v) is 5.55. The summed E-state index contributed by atoms with van der Waals surface area (Å²) in [6.07, 6.45) is 3.35. The van der Waals surface area contributed by atoms with Gasteiger partial charge in [-0.2, -0.15) is 0 Å². The SMILES string of the molecule is COc1cc(C)cc(C)c1C1(O)CCCC(N)C1. The second kappa shape index (κ2) is 4.90. The molecule has 0 aromatic heterocycles. The van der Waals surface area contributed by atoms with Crippen LogP contribution in [-0.4, -0.2) is 18.3 Å². The van der Waals surface area contributed by atoms with E-state index in [9.17, 15) is 5.11 Å². The molecule has 1 aliphatic carbocycles. The molecule has 0 saturated heterocycles. The van der Waals surface area contributed by atoms with Crippen molar-refractivity contribution < 1.29 is 9.84 Å². The zero-order valence-electron chi connectivity index (χ0n) is 11.5. The second-order valence-electron chi connectivity index (χ2n) is 5.55. The van der Waals surface area contributed by atoms with Gasteiger partial charge in [0.1, 0.15) is 5.75 Å². The Morgan fingerprint density at radius 3 is 2.72 bits per heavy atom. The third kappa shape index (κ3) is 2.38. The van der Waals surface area contributed by atoms with Crippen molar-refractivity contribution in [2.45, 2.75) is 51.2 Å². The Hall–Kier alpha value is -1.06. The molecule has 2 unspecified atom stereocenters. The first kappa shape index (κ1) is 13.4. The minimum absolute atomic E-state index is 0.0779. The maximum absolute atomic E-state index is 10.9. The summed E-state index contributed by atoms with van der Waals surface area (Å²) in [7, 11) is 1.66. The van der Waals surface area contributed by atoms with Crippen molar-refractivity contribution in [2.75, 3.05) is 7.11 Å². The minimum Gasteiger partial charge on any atom is -0.496 e. The van der Waals surface area contributed by atoms with Crippen LogP contribution in [-0.2, 0) is 5.60 Å². The summed E-state index contributed by atoms with van der Waals surface area (Å²) in [5, 5.41) is 10.9. The molecule has 1 aliphatic rings. The van der Waals surface area contributed by atoms with E-state index in [4.69, 9.17) is 10.5 Å². The van der Waals surface area contributed by atoms with Crippen LogP contribution < -0.4 is 10.5 Å². The Morgan fingerprint density at radius 2 is 2.11 bits per heavy atom. The zero-order valence-corrected chi connectivity index (χ0v) is 11.5. The van der Waals surface area contributed by atoms with Crippen molar-refractivity contribution in [2.24, 2.45) is 5.73 Å². The van der Waals surface area contributed by atoms with Gasteiger partial charge in [-0.1, -0.05) is 6.07 Å². The van der Waals surface area contributed by atoms with Crippen LogP contribution in [0.25, 0.3) is 0 Å². The van der Waals surface area contributed by atoms with Crippen molar-refractivity contribution in [1.82, 2.24) is 0 Å². The van der Waals surface area contributed by atoms with Crippen LogP contribution in [0.1, 0.15) is 42.4 Å². The van der Waals surface area contributed by atoms with Gasteiger partial charge in [-0.25, -0.2) is 0 Å². The van der Waals surface area contributed by atoms with E-state index in [1.807, 2.05) is 19.9 Å². The highest BCUT2D eigenvalue weighted by Gasteiger charge is 2.38. The van der Waals surface area contributed by atoms with Crippen molar-refractivity contribution in [3.63, 3.8) is 0 Å². The molecule has 1 fully saturated rings. The molecule has 3 N–H and O–H groups in total. The summed E-state index contributed by atoms with van der Waals surface area (Å²) in [6.45, 7) is 4.07. The first-order valence-corrected chi connectivity index (χ1v) is 6.60. The first-order chi connectivity index (χ1) is 8.46. The average Bonchev–Trinajstić information content (AvgIpc) is 2.26. The van der Waals surface area contributed by atoms with Gasteiger partial charge in [0.2, 0.25) is 0 Å². The third-order valence-electron chi connectivity index (χ3n) is 3.89. The quantitative estimate of drug-likeness (QED) is 0.846. The van der Waals surface area contributed by atoms with Gasteiger partial charge in [0, 0.05) is 11.6 Å². The highest BCUT2D eigenvalue weighted by Crippen LogP contribution is 2.42. The normalized spacial score (nSPS) is 28.2. The van der Waals surface area contributed by atoms with E-state index in [1.165, 1.54) is 0 Å². The van der Waals surface area contributed by atoms with Crippen LogP contribution in [0.15, 0.2) is 12.1 Å². The van der Waals surface area contributed by atoms with Crippen LogP contribution in [0.2, 0.25) is 0 Å². The molecule has 0 bridgehead atoms. The number of methoxy groups -OCH3 is 1. The molecule has 1 aromatic rings. The maximum atomic E-state index is 10.9. The standard InChI is InChI=1S/C15H23NO2/c1-10-7-11(2)14(13(8-10)18-3)15(17)6-4-5-12(16)9-15/h7-8,12,17H,4-6,9,16H2,1-3H3. The molecule has 18 heavy (non-hydrogen) atoms. The molecule has 3 heteroatoms. The third-order valence-corrected chi connectivity index (χ3v) is 3.89. The molecule has 3 nitrogen and oxygen atoms in total. The maximum Gasteiger partial charge on any atom is 0.125 e. The lowest BCUT2D eigenvalue weighted by Crippen LogP contribution is -2.39. The first-order valence-electron chi connectivity index (χ1n) is 6.60. The Labute approximate surface area is 109 Å². The molecule has 0 aliphatic heterocycles. The zero-order chi connectivity index (χ0) is 13.3. The Morgan fingerprint density at radius 1 is 1.39 bits per heavy atom. The van der Waals surface area contributed by atoms with Crippen molar-refractivity contribution in [1.29, 1.82) is 0 Å². The number of aryl methyl sites for hydroxylation is 2. The summed E-state index contributed by atoms with van der Waals surface area (Å²) < 4.78 is 5.46. The van der Waals surface area contributed by atoms with Gasteiger partial charge in [-0.15, -0.1) is 0 Å². The summed E-state index contributed by atoms with van der Waals surface area (Å²) in [4.78, 5) is 0. The molecule has 0 amide bonds. The molecule has 0 radical (unpaired) electrons. The molecule has 0 spiro atoms. The summed E-state index contributed by atoms with van der Waals surface area (Å²) in [5.74, 6) is 0.782. The molecule has 100 valence electrons. The van der Waals surface area contributed by atoms with Gasteiger partial charge >= 0.3 is 0 Å². The van der Waals surface area contributed by atoms with Gasteiger partial charge in [-0.05, 0) is 56.7 Å². The number of hydrogen-bond acceptors (Lipinski definition) is 3. The van der Waals surface area contributed by atoms with Crippen molar-refractivity contribution >= 4 is 0 Å². The number of ether oxygens (including phenoxy) is 1. The van der Waals surface area contributed by atoms with E-state index < -0.39 is 5.60 Å². The lowest BCUT2D eigenvalue weighted by Gasteiger charge is -2.37. The number of hydrogen-bond donors (Lipinski definition) is 2. The molecule has 2 atom stereocenters. The molecule has 1 saturated carbocycles. The summed E-state index contributed by atoms with van der Waals surface area (Å²) >= 11 is 0. The van der Waals surface area contributed by atoms with Gasteiger partial charge in [0.05, 0.1) is 12.7 Å². The minimum atomic E-state index is -0.833. The molecule has 0 heterocycles. The van der Waals surface area contributed by atoms with Crippen LogP contribution in [0.3, 0.4) is 0 Å². The fraction of sp³-hybridized carbons (Fsp3) is 0.600. The van der Waals surface area contributed by atoms with Gasteiger partial charge in [0.25, 0.3) is 0 Å². The molecular weight excluding hydrogens is 226 g/mol. The Kier molecular flexibility index (Phi) is 3.64. The van der Waals surface area contributed by atoms with E-state index in [0.717, 1.165) is 41.7 Å². The molecular formula is C15H23NO2. The smallest absolute Gasteiger partial charge is 0.125 e. The molecule has 2 rings (SSSR count). The summed E-state index contributed by atoms with van der Waals surface area (Å²) in [5.41, 5.74) is 8.34. The van der Waals surface area contributed by atoms with E-state index in [0.29, 0.717) is 6.42 Å². The van der Waals surface area contributed by atoms with Gasteiger partial charge < -0.3 is 15.6 Å². The number of rotatable bonds is 2. The van der Waals surface area contributed by atoms with Crippen LogP contribution >= 0.6 is 0 Å². The fourth-order valence-electron chi connectivity index (χ4n) is 3.21. The van der Waals surface area contributed by atoms with E-state index in [1.54, 1.807) is 7.11 Å². The van der Waals surface area contributed by atoms with Gasteiger partial charge in [-0.3, -0.25) is 0 Å². The number of aliphatic hydroxyl groups is 1. The predicted octanol–water partition coefficient (Wildman–Crippen LogP) is 2.40. The topological polar surface area (TPSA) is 55.5 Å². The van der Waals surface area contributed by atoms with Crippen LogP contribution in [0, 0.1) is 13.8 Å². The van der Waals surface area contributed by atoms with Gasteiger partial charge in [0.15, 0.2) is 0 Å². The fourth-order valence-corrected chi connectivity index (χ4v) is 3.21. The Balaban J connectivity index is 2.49. The highest BCUT2D eigenvalue weighted by atomic mass is 16.5. The Bertz CT molecular complexity index is 444. The summed E-state index contributed by atoms with van der Waals surface area (Å²) in [6, 6.07) is 4.16. The number of nitrogens with two attached hydrogens (primary N) is 1. The predicted molar refractivity (Wildman–Crippen MR) is 72.8 cm³/mol.